The fourth-order valence-electron chi connectivity index (χ4n) is 2.87. The summed E-state index contributed by atoms with van der Waals surface area (Å²) in [5.74, 6) is -0.875. The molecule has 0 aliphatic carbocycles. The van der Waals surface area contributed by atoms with Gasteiger partial charge >= 0.3 is 0 Å². The second-order valence-electron chi connectivity index (χ2n) is 5.54. The number of hydrogen-bond acceptors (Lipinski definition) is 4. The van der Waals surface area contributed by atoms with Crippen molar-refractivity contribution in [3.8, 4) is 0 Å². The Morgan fingerprint density at radius 3 is 2.64 bits per heavy atom. The molecule has 2 heterocycles. The van der Waals surface area contributed by atoms with Crippen molar-refractivity contribution in [1.82, 2.24) is 0 Å². The summed E-state index contributed by atoms with van der Waals surface area (Å²) in [6, 6.07) is 5.83. The number of hydrogen-bond donors (Lipinski definition) is 1. The first-order chi connectivity index (χ1) is 10.6. The average molecular weight is 368 g/mol. The third-order valence-electron chi connectivity index (χ3n) is 4.12. The van der Waals surface area contributed by atoms with Gasteiger partial charge < -0.3 is 20.3 Å². The van der Waals surface area contributed by atoms with Gasteiger partial charge in [-0.2, -0.15) is 0 Å². The highest BCUT2D eigenvalue weighted by Crippen LogP contribution is 2.33. The topological polar surface area (TPSA) is 75.9 Å². The van der Waals surface area contributed by atoms with Crippen LogP contribution in [-0.2, 0) is 14.3 Å². The van der Waals surface area contributed by atoms with Gasteiger partial charge in [0.15, 0.2) is 0 Å². The van der Waals surface area contributed by atoms with Gasteiger partial charge in [-0.15, -0.1) is 0 Å². The van der Waals surface area contributed by atoms with E-state index < -0.39 is 11.8 Å². The molecule has 1 unspecified atom stereocenters. The summed E-state index contributed by atoms with van der Waals surface area (Å²) in [6.45, 7) is 3.50. The van der Waals surface area contributed by atoms with Gasteiger partial charge in [0.2, 0.25) is 11.8 Å². The fourth-order valence-corrected chi connectivity index (χ4v) is 3.49. The molecule has 7 heteroatoms. The normalized spacial score (nSPS) is 22.2. The molecule has 118 valence electrons. The molecule has 2 saturated heterocycles. The van der Waals surface area contributed by atoms with E-state index in [4.69, 9.17) is 10.5 Å². The van der Waals surface area contributed by atoms with Crippen molar-refractivity contribution in [2.75, 3.05) is 42.6 Å². The van der Waals surface area contributed by atoms with Crippen molar-refractivity contribution in [2.24, 2.45) is 11.7 Å². The summed E-state index contributed by atoms with van der Waals surface area (Å²) >= 11 is 3.58. The highest BCUT2D eigenvalue weighted by Gasteiger charge is 2.34. The summed E-state index contributed by atoms with van der Waals surface area (Å²) < 4.78 is 6.29. The van der Waals surface area contributed by atoms with Gasteiger partial charge in [0, 0.05) is 36.2 Å². The largest absolute Gasteiger partial charge is 0.378 e. The summed E-state index contributed by atoms with van der Waals surface area (Å²) in [6.07, 6.45) is 0.193. The molecule has 1 aromatic carbocycles. The molecule has 0 spiro atoms. The Morgan fingerprint density at radius 2 is 2.05 bits per heavy atom. The number of nitrogens with zero attached hydrogens (tertiary/aromatic N) is 2. The molecule has 22 heavy (non-hydrogen) atoms. The summed E-state index contributed by atoms with van der Waals surface area (Å²) in [5, 5.41) is 0. The lowest BCUT2D eigenvalue weighted by Gasteiger charge is -2.30. The van der Waals surface area contributed by atoms with Gasteiger partial charge in [-0.1, -0.05) is 0 Å². The number of nitrogens with two attached hydrogens (primary N) is 1. The number of primary amides is 1. The minimum absolute atomic E-state index is 0.0603. The monoisotopic (exact) mass is 367 g/mol. The van der Waals surface area contributed by atoms with Crippen molar-refractivity contribution in [2.45, 2.75) is 6.42 Å². The van der Waals surface area contributed by atoms with Gasteiger partial charge in [-0.3, -0.25) is 9.59 Å². The van der Waals surface area contributed by atoms with Crippen molar-refractivity contribution in [1.29, 1.82) is 0 Å². The van der Waals surface area contributed by atoms with Crippen LogP contribution in [0.4, 0.5) is 11.4 Å². The zero-order chi connectivity index (χ0) is 15.7. The summed E-state index contributed by atoms with van der Waals surface area (Å²) in [4.78, 5) is 27.2. The number of anilines is 2. The minimum Gasteiger partial charge on any atom is -0.378 e. The lowest BCUT2D eigenvalue weighted by Crippen LogP contribution is -2.36. The molecular formula is C15H18BrN3O3. The molecule has 6 nitrogen and oxygen atoms in total. The summed E-state index contributed by atoms with van der Waals surface area (Å²) in [5.41, 5.74) is 7.18. The van der Waals surface area contributed by atoms with Crippen LogP contribution < -0.4 is 15.5 Å². The molecule has 0 radical (unpaired) electrons. The van der Waals surface area contributed by atoms with Crippen molar-refractivity contribution < 1.29 is 14.3 Å². The first-order valence-corrected chi connectivity index (χ1v) is 8.07. The molecule has 0 aromatic heterocycles. The van der Waals surface area contributed by atoms with E-state index in [1.807, 2.05) is 18.2 Å². The lowest BCUT2D eigenvalue weighted by atomic mass is 10.1. The van der Waals surface area contributed by atoms with E-state index in [0.29, 0.717) is 6.54 Å². The molecule has 2 amide bonds. The molecule has 3 rings (SSSR count). The van der Waals surface area contributed by atoms with Gasteiger partial charge in [-0.25, -0.2) is 0 Å². The van der Waals surface area contributed by atoms with E-state index in [1.54, 1.807) is 4.90 Å². The first-order valence-electron chi connectivity index (χ1n) is 7.28. The van der Waals surface area contributed by atoms with Crippen LogP contribution in [0, 0.1) is 5.92 Å². The summed E-state index contributed by atoms with van der Waals surface area (Å²) in [7, 11) is 0. The highest BCUT2D eigenvalue weighted by atomic mass is 79.9. The van der Waals surface area contributed by atoms with Gasteiger partial charge in [0.1, 0.15) is 0 Å². The Labute approximate surface area is 137 Å². The number of carbonyl (C=O) groups excluding carboxylic acids is 2. The van der Waals surface area contributed by atoms with Crippen molar-refractivity contribution >= 4 is 39.1 Å². The third-order valence-corrected chi connectivity index (χ3v) is 4.76. The van der Waals surface area contributed by atoms with Gasteiger partial charge in [-0.05, 0) is 34.1 Å². The lowest BCUT2D eigenvalue weighted by molar-refractivity contribution is -0.123. The average Bonchev–Trinajstić information content (AvgIpc) is 2.90. The number of morpholine rings is 1. The Bertz CT molecular complexity index is 602. The molecule has 1 aromatic rings. The van der Waals surface area contributed by atoms with Crippen LogP contribution >= 0.6 is 15.9 Å². The number of benzene rings is 1. The Balaban J connectivity index is 1.80. The Kier molecular flexibility index (Phi) is 4.35. The maximum atomic E-state index is 12.1. The maximum Gasteiger partial charge on any atom is 0.227 e. The molecule has 2 fully saturated rings. The van der Waals surface area contributed by atoms with Crippen LogP contribution in [-0.4, -0.2) is 44.7 Å². The zero-order valence-corrected chi connectivity index (χ0v) is 13.7. The van der Waals surface area contributed by atoms with Crippen molar-refractivity contribution in [3.05, 3.63) is 22.7 Å². The Morgan fingerprint density at radius 1 is 1.32 bits per heavy atom. The number of amides is 2. The first kappa shape index (κ1) is 15.3. The van der Waals surface area contributed by atoms with Crippen LogP contribution in [0.1, 0.15) is 6.42 Å². The molecule has 2 aliphatic heterocycles. The standard InChI is InChI=1S/C15H18BrN3O3/c16-12-8-11(19-9-10(15(17)21)7-14(19)20)1-2-13(12)18-3-5-22-6-4-18/h1-2,8,10H,3-7,9H2,(H2,17,21). The quantitative estimate of drug-likeness (QED) is 0.868. The van der Waals surface area contributed by atoms with Crippen LogP contribution in [0.3, 0.4) is 0 Å². The second-order valence-corrected chi connectivity index (χ2v) is 6.40. The van der Waals surface area contributed by atoms with E-state index >= 15 is 0 Å². The van der Waals surface area contributed by atoms with E-state index in [1.165, 1.54) is 0 Å². The van der Waals surface area contributed by atoms with E-state index in [2.05, 4.69) is 20.8 Å². The molecule has 0 saturated carbocycles. The molecular weight excluding hydrogens is 350 g/mol. The number of carbonyl (C=O) groups is 2. The van der Waals surface area contributed by atoms with Crippen molar-refractivity contribution in [3.63, 3.8) is 0 Å². The molecule has 1 atom stereocenters. The number of halogens is 1. The molecule has 0 bridgehead atoms. The Hall–Kier alpha value is -1.60. The predicted molar refractivity (Wildman–Crippen MR) is 86.8 cm³/mol. The van der Waals surface area contributed by atoms with Crippen LogP contribution in [0.5, 0.6) is 0 Å². The van der Waals surface area contributed by atoms with Crippen LogP contribution in [0.15, 0.2) is 22.7 Å². The smallest absolute Gasteiger partial charge is 0.227 e. The van der Waals surface area contributed by atoms with E-state index in [9.17, 15) is 9.59 Å². The van der Waals surface area contributed by atoms with E-state index in [-0.39, 0.29) is 12.3 Å². The minimum atomic E-state index is -0.417. The molecule has 2 N–H and O–H groups in total. The SMILES string of the molecule is NC(=O)C1CC(=O)N(c2ccc(N3CCOCC3)c(Br)c2)C1. The zero-order valence-electron chi connectivity index (χ0n) is 12.1. The number of ether oxygens (including phenoxy) is 1. The molecule has 2 aliphatic rings. The highest BCUT2D eigenvalue weighted by molar-refractivity contribution is 9.10. The van der Waals surface area contributed by atoms with E-state index in [0.717, 1.165) is 42.2 Å². The predicted octanol–water partition coefficient (Wildman–Crippen LogP) is 1.12. The second kappa shape index (κ2) is 6.26. The maximum absolute atomic E-state index is 12.1. The third kappa shape index (κ3) is 2.96. The number of rotatable bonds is 3. The van der Waals surface area contributed by atoms with Gasteiger partial charge in [0.25, 0.3) is 0 Å². The van der Waals surface area contributed by atoms with Gasteiger partial charge in [0.05, 0.1) is 24.8 Å². The van der Waals surface area contributed by atoms with Crippen LogP contribution in [0.2, 0.25) is 0 Å². The fraction of sp³-hybridized carbons (Fsp3) is 0.467. The van der Waals surface area contributed by atoms with Crippen LogP contribution in [0.25, 0.3) is 0 Å².